The van der Waals surface area contributed by atoms with Crippen molar-refractivity contribution in [2.45, 2.75) is 32.6 Å². The maximum atomic E-state index is 12.0. The molecule has 16 heavy (non-hydrogen) atoms. The van der Waals surface area contributed by atoms with Crippen molar-refractivity contribution in [3.05, 3.63) is 35.4 Å². The van der Waals surface area contributed by atoms with E-state index in [9.17, 15) is 9.59 Å². The molecule has 0 radical (unpaired) electrons. The third kappa shape index (κ3) is 2.06. The quantitative estimate of drug-likeness (QED) is 0.775. The lowest BCUT2D eigenvalue weighted by molar-refractivity contribution is -0.119. The normalized spacial score (nSPS) is 18.6. The molecular weight excluding hydrogens is 200 g/mol. The minimum Gasteiger partial charge on any atom is -0.300 e. The van der Waals surface area contributed by atoms with Crippen molar-refractivity contribution in [1.29, 1.82) is 0 Å². The maximum Gasteiger partial charge on any atom is 0.166 e. The van der Waals surface area contributed by atoms with Gasteiger partial charge in [0.2, 0.25) is 0 Å². The van der Waals surface area contributed by atoms with E-state index in [0.29, 0.717) is 12.8 Å². The molecule has 0 N–H and O–H groups in total. The third-order valence-corrected chi connectivity index (χ3v) is 3.12. The number of carbonyl (C=O) groups is 2. The molecule has 0 bridgehead atoms. The number of hydrogen-bond donors (Lipinski definition) is 0. The molecule has 0 saturated heterocycles. The van der Waals surface area contributed by atoms with Crippen molar-refractivity contribution < 1.29 is 9.59 Å². The highest BCUT2D eigenvalue weighted by Crippen LogP contribution is 2.29. The zero-order chi connectivity index (χ0) is 11.5. The van der Waals surface area contributed by atoms with E-state index in [0.717, 1.165) is 24.0 Å². The van der Waals surface area contributed by atoms with Crippen LogP contribution in [0.25, 0.3) is 0 Å². The number of hydrogen-bond acceptors (Lipinski definition) is 2. The molecule has 2 heteroatoms. The fourth-order valence-electron chi connectivity index (χ4n) is 2.34. The molecule has 1 unspecified atom stereocenters. The van der Waals surface area contributed by atoms with Crippen molar-refractivity contribution in [3.63, 3.8) is 0 Å². The third-order valence-electron chi connectivity index (χ3n) is 3.12. The zero-order valence-corrected chi connectivity index (χ0v) is 9.53. The van der Waals surface area contributed by atoms with Crippen molar-refractivity contribution in [1.82, 2.24) is 0 Å². The summed E-state index contributed by atoms with van der Waals surface area (Å²) in [4.78, 5) is 23.5. The molecule has 1 aliphatic rings. The summed E-state index contributed by atoms with van der Waals surface area (Å²) in [7, 11) is 0. The van der Waals surface area contributed by atoms with E-state index in [1.807, 2.05) is 31.2 Å². The summed E-state index contributed by atoms with van der Waals surface area (Å²) >= 11 is 0. The zero-order valence-electron chi connectivity index (χ0n) is 9.53. The van der Waals surface area contributed by atoms with Gasteiger partial charge >= 0.3 is 0 Å². The Bertz CT molecular complexity index is 420. The molecule has 0 aromatic heterocycles. The van der Waals surface area contributed by atoms with Gasteiger partial charge in [-0.3, -0.25) is 9.59 Å². The fraction of sp³-hybridized carbons (Fsp3) is 0.429. The van der Waals surface area contributed by atoms with Gasteiger partial charge in [0.25, 0.3) is 0 Å². The topological polar surface area (TPSA) is 34.1 Å². The molecule has 1 atom stereocenters. The van der Waals surface area contributed by atoms with Crippen LogP contribution in [0.2, 0.25) is 0 Å². The second kappa shape index (κ2) is 4.60. The Kier molecular flexibility index (Phi) is 3.18. The van der Waals surface area contributed by atoms with Gasteiger partial charge in [0.05, 0.1) is 0 Å². The van der Waals surface area contributed by atoms with Crippen LogP contribution < -0.4 is 0 Å². The molecule has 1 aromatic carbocycles. The number of rotatable bonds is 4. The first-order valence-corrected chi connectivity index (χ1v) is 5.86. The first-order valence-electron chi connectivity index (χ1n) is 5.86. The Labute approximate surface area is 95.7 Å². The smallest absolute Gasteiger partial charge is 0.166 e. The summed E-state index contributed by atoms with van der Waals surface area (Å²) in [6.45, 7) is 1.99. The van der Waals surface area contributed by atoms with Crippen LogP contribution in [0.4, 0.5) is 0 Å². The summed E-state index contributed by atoms with van der Waals surface area (Å²) in [5, 5.41) is 0. The van der Waals surface area contributed by atoms with Crippen LogP contribution in [-0.2, 0) is 11.2 Å². The van der Waals surface area contributed by atoms with E-state index < -0.39 is 0 Å². The summed E-state index contributed by atoms with van der Waals surface area (Å²) < 4.78 is 0. The lowest BCUT2D eigenvalue weighted by Crippen LogP contribution is -2.14. The minimum atomic E-state index is -0.101. The summed E-state index contributed by atoms with van der Waals surface area (Å²) in [6.07, 6.45) is 2.62. The van der Waals surface area contributed by atoms with Crippen molar-refractivity contribution in [2.75, 3.05) is 0 Å². The van der Waals surface area contributed by atoms with E-state index in [-0.39, 0.29) is 17.5 Å². The number of fused-ring (bicyclic) bond motifs is 1. The van der Waals surface area contributed by atoms with E-state index in [4.69, 9.17) is 0 Å². The van der Waals surface area contributed by atoms with Gasteiger partial charge < -0.3 is 0 Å². The molecule has 0 spiro atoms. The molecule has 0 fully saturated rings. The number of ketones is 2. The molecule has 0 saturated carbocycles. The lowest BCUT2D eigenvalue weighted by Gasteiger charge is -2.05. The van der Waals surface area contributed by atoms with Crippen LogP contribution in [-0.4, -0.2) is 11.6 Å². The Morgan fingerprint density at radius 3 is 2.81 bits per heavy atom. The van der Waals surface area contributed by atoms with Gasteiger partial charge in [-0.15, -0.1) is 0 Å². The van der Waals surface area contributed by atoms with Crippen molar-refractivity contribution in [2.24, 2.45) is 5.92 Å². The predicted molar refractivity (Wildman–Crippen MR) is 62.5 cm³/mol. The molecule has 0 amide bonds. The predicted octanol–water partition coefficient (Wildman–Crippen LogP) is 2.80. The standard InChI is InChI=1S/C14H16O2/c1-2-5-12(15)9-11-8-10-6-3-4-7-13(10)14(11)16/h3-4,6-7,11H,2,5,8-9H2,1H3. The molecule has 84 valence electrons. The Balaban J connectivity index is 2.07. The maximum absolute atomic E-state index is 12.0. The number of Topliss-reactive ketones (excluding diaryl/α,β-unsaturated/α-hetero) is 2. The van der Waals surface area contributed by atoms with E-state index >= 15 is 0 Å². The average molecular weight is 216 g/mol. The van der Waals surface area contributed by atoms with Gasteiger partial charge in [0.1, 0.15) is 5.78 Å². The van der Waals surface area contributed by atoms with Crippen LogP contribution >= 0.6 is 0 Å². The first kappa shape index (κ1) is 11.1. The average Bonchev–Trinajstić information content (AvgIpc) is 2.57. The second-order valence-electron chi connectivity index (χ2n) is 4.42. The van der Waals surface area contributed by atoms with E-state index in [1.54, 1.807) is 0 Å². The van der Waals surface area contributed by atoms with Gasteiger partial charge in [-0.2, -0.15) is 0 Å². The molecular formula is C14H16O2. The Hall–Kier alpha value is -1.44. The number of benzene rings is 1. The molecule has 0 aliphatic heterocycles. The molecule has 2 rings (SSSR count). The highest BCUT2D eigenvalue weighted by atomic mass is 16.1. The van der Waals surface area contributed by atoms with Gasteiger partial charge in [-0.05, 0) is 18.4 Å². The largest absolute Gasteiger partial charge is 0.300 e. The SMILES string of the molecule is CCCC(=O)CC1Cc2ccccc2C1=O. The van der Waals surface area contributed by atoms with Crippen LogP contribution in [0.3, 0.4) is 0 Å². The summed E-state index contributed by atoms with van der Waals surface area (Å²) in [5.41, 5.74) is 1.92. The van der Waals surface area contributed by atoms with Gasteiger partial charge in [0.15, 0.2) is 5.78 Å². The summed E-state index contributed by atoms with van der Waals surface area (Å²) in [5.74, 6) is 0.269. The van der Waals surface area contributed by atoms with E-state index in [2.05, 4.69) is 0 Å². The van der Waals surface area contributed by atoms with Crippen molar-refractivity contribution in [3.8, 4) is 0 Å². The lowest BCUT2D eigenvalue weighted by atomic mass is 9.96. The van der Waals surface area contributed by atoms with Crippen molar-refractivity contribution >= 4 is 11.6 Å². The summed E-state index contributed by atoms with van der Waals surface area (Å²) in [6, 6.07) is 7.68. The van der Waals surface area contributed by atoms with Crippen LogP contribution in [0.15, 0.2) is 24.3 Å². The molecule has 2 nitrogen and oxygen atoms in total. The highest BCUT2D eigenvalue weighted by molar-refractivity contribution is 6.04. The molecule has 0 heterocycles. The van der Waals surface area contributed by atoms with Gasteiger partial charge in [-0.1, -0.05) is 31.2 Å². The second-order valence-corrected chi connectivity index (χ2v) is 4.42. The molecule has 1 aromatic rings. The molecule has 1 aliphatic carbocycles. The minimum absolute atomic E-state index is 0.101. The monoisotopic (exact) mass is 216 g/mol. The first-order chi connectivity index (χ1) is 7.72. The van der Waals surface area contributed by atoms with Gasteiger partial charge in [0, 0.05) is 24.3 Å². The van der Waals surface area contributed by atoms with Crippen LogP contribution in [0.5, 0.6) is 0 Å². The van der Waals surface area contributed by atoms with E-state index in [1.165, 1.54) is 0 Å². The Morgan fingerprint density at radius 1 is 1.38 bits per heavy atom. The highest BCUT2D eigenvalue weighted by Gasteiger charge is 2.31. The van der Waals surface area contributed by atoms with Crippen LogP contribution in [0.1, 0.15) is 42.1 Å². The Morgan fingerprint density at radius 2 is 2.12 bits per heavy atom. The number of carbonyl (C=O) groups excluding carboxylic acids is 2. The van der Waals surface area contributed by atoms with Crippen LogP contribution in [0, 0.1) is 5.92 Å². The van der Waals surface area contributed by atoms with Gasteiger partial charge in [-0.25, -0.2) is 0 Å². The fourth-order valence-corrected chi connectivity index (χ4v) is 2.34.